The second kappa shape index (κ2) is 8.61. The Hall–Kier alpha value is -2.60. The lowest BCUT2D eigenvalue weighted by molar-refractivity contribution is -0.118. The topological polar surface area (TPSA) is 60.5 Å². The van der Waals surface area contributed by atoms with E-state index >= 15 is 0 Å². The van der Waals surface area contributed by atoms with E-state index in [2.05, 4.69) is 22.4 Å². The van der Waals surface area contributed by atoms with Crippen LogP contribution in [0.3, 0.4) is 0 Å². The van der Waals surface area contributed by atoms with Crippen LogP contribution in [-0.2, 0) is 4.79 Å². The number of nitrogens with zero attached hydrogens (tertiary/aromatic N) is 1. The zero-order valence-corrected chi connectivity index (χ0v) is 16.8. The molecule has 1 saturated carbocycles. The first-order chi connectivity index (χ1) is 13.7. The number of hydrogen-bond donors (Lipinski definition) is 1. The standard InChI is InChI=1S/C22H24N2O3S/c1-26-18-11-12-19-20(13-18)28-22(23-19)24-21(25)14-27-17-9-7-16(8-10-17)15-5-3-2-4-6-15/h7-13,15H,2-6,14H2,1H3,(H,23,24,25). The highest BCUT2D eigenvalue weighted by molar-refractivity contribution is 7.22. The van der Waals surface area contributed by atoms with Gasteiger partial charge in [0.2, 0.25) is 0 Å². The van der Waals surface area contributed by atoms with Gasteiger partial charge in [0.15, 0.2) is 11.7 Å². The molecule has 2 aromatic carbocycles. The number of anilines is 1. The number of benzene rings is 2. The van der Waals surface area contributed by atoms with Crippen LogP contribution in [0.15, 0.2) is 42.5 Å². The van der Waals surface area contributed by atoms with Gasteiger partial charge in [0.25, 0.3) is 5.91 Å². The van der Waals surface area contributed by atoms with Gasteiger partial charge in [0.1, 0.15) is 11.5 Å². The minimum absolute atomic E-state index is 0.0397. The summed E-state index contributed by atoms with van der Waals surface area (Å²) in [7, 11) is 1.63. The normalized spacial score (nSPS) is 14.8. The number of amides is 1. The van der Waals surface area contributed by atoms with Crippen LogP contribution in [0.1, 0.15) is 43.6 Å². The third-order valence-electron chi connectivity index (χ3n) is 5.17. The van der Waals surface area contributed by atoms with Crippen molar-refractivity contribution < 1.29 is 14.3 Å². The number of ether oxygens (including phenoxy) is 2. The lowest BCUT2D eigenvalue weighted by atomic mass is 9.84. The van der Waals surface area contributed by atoms with E-state index in [4.69, 9.17) is 9.47 Å². The van der Waals surface area contributed by atoms with E-state index in [-0.39, 0.29) is 12.5 Å². The van der Waals surface area contributed by atoms with Crippen molar-refractivity contribution in [3.63, 3.8) is 0 Å². The van der Waals surface area contributed by atoms with Crippen LogP contribution in [0.25, 0.3) is 10.2 Å². The number of carbonyl (C=O) groups is 1. The summed E-state index contributed by atoms with van der Waals surface area (Å²) < 4.78 is 11.8. The van der Waals surface area contributed by atoms with Gasteiger partial charge in [-0.1, -0.05) is 42.7 Å². The Labute approximate surface area is 168 Å². The Balaban J connectivity index is 1.31. The molecule has 5 nitrogen and oxygen atoms in total. The van der Waals surface area contributed by atoms with Gasteiger partial charge >= 0.3 is 0 Å². The summed E-state index contributed by atoms with van der Waals surface area (Å²) in [5, 5.41) is 3.36. The average molecular weight is 397 g/mol. The molecule has 0 spiro atoms. The number of hydrogen-bond acceptors (Lipinski definition) is 5. The second-order valence-electron chi connectivity index (χ2n) is 7.09. The highest BCUT2D eigenvalue weighted by Gasteiger charge is 2.15. The van der Waals surface area contributed by atoms with Gasteiger partial charge in [0, 0.05) is 0 Å². The van der Waals surface area contributed by atoms with Crippen molar-refractivity contribution in [2.24, 2.45) is 0 Å². The first-order valence-corrected chi connectivity index (χ1v) is 10.5. The molecule has 1 aliphatic carbocycles. The number of nitrogens with one attached hydrogen (secondary N) is 1. The Kier molecular flexibility index (Phi) is 5.76. The molecule has 146 valence electrons. The van der Waals surface area contributed by atoms with Crippen LogP contribution < -0.4 is 14.8 Å². The van der Waals surface area contributed by atoms with Gasteiger partial charge in [0.05, 0.1) is 17.3 Å². The SMILES string of the molecule is COc1ccc2nc(NC(=O)COc3ccc(C4CCCCC4)cc3)sc2c1. The summed E-state index contributed by atoms with van der Waals surface area (Å²) in [5.74, 6) is 1.93. The predicted molar refractivity (Wildman–Crippen MR) is 113 cm³/mol. The van der Waals surface area contributed by atoms with Gasteiger partial charge in [-0.3, -0.25) is 10.1 Å². The molecule has 4 rings (SSSR count). The molecule has 28 heavy (non-hydrogen) atoms. The predicted octanol–water partition coefficient (Wildman–Crippen LogP) is 5.37. The first kappa shape index (κ1) is 18.7. The summed E-state index contributed by atoms with van der Waals surface area (Å²) in [6, 6.07) is 13.8. The Morgan fingerprint density at radius 3 is 2.61 bits per heavy atom. The molecule has 0 atom stereocenters. The van der Waals surface area contributed by atoms with Gasteiger partial charge in [-0.2, -0.15) is 0 Å². The molecule has 6 heteroatoms. The largest absolute Gasteiger partial charge is 0.497 e. The summed E-state index contributed by atoms with van der Waals surface area (Å²) >= 11 is 1.42. The van der Waals surface area contributed by atoms with Crippen molar-refractivity contribution in [3.05, 3.63) is 48.0 Å². The first-order valence-electron chi connectivity index (χ1n) is 9.68. The van der Waals surface area contributed by atoms with E-state index in [1.54, 1.807) is 7.11 Å². The number of carbonyl (C=O) groups excluding carboxylic acids is 1. The van der Waals surface area contributed by atoms with Crippen LogP contribution in [-0.4, -0.2) is 24.6 Å². The second-order valence-corrected chi connectivity index (χ2v) is 8.12. The quantitative estimate of drug-likeness (QED) is 0.608. The fraction of sp³-hybridized carbons (Fsp3) is 0.364. The van der Waals surface area contributed by atoms with Gasteiger partial charge < -0.3 is 9.47 Å². The van der Waals surface area contributed by atoms with E-state index in [1.165, 1.54) is 49.0 Å². The fourth-order valence-electron chi connectivity index (χ4n) is 3.66. The van der Waals surface area contributed by atoms with Crippen molar-refractivity contribution in [2.75, 3.05) is 19.0 Å². The third kappa shape index (κ3) is 4.44. The van der Waals surface area contributed by atoms with Crippen molar-refractivity contribution in [3.8, 4) is 11.5 Å². The summed E-state index contributed by atoms with van der Waals surface area (Å²) in [4.78, 5) is 16.6. The average Bonchev–Trinajstić information content (AvgIpc) is 3.14. The lowest BCUT2D eigenvalue weighted by Gasteiger charge is -2.22. The minimum atomic E-state index is -0.220. The number of methoxy groups -OCH3 is 1. The molecule has 0 radical (unpaired) electrons. The summed E-state index contributed by atoms with van der Waals surface area (Å²) in [6.07, 6.45) is 6.55. The molecule has 1 aliphatic rings. The maximum absolute atomic E-state index is 12.2. The smallest absolute Gasteiger partial charge is 0.264 e. The molecule has 3 aromatic rings. The van der Waals surface area contributed by atoms with Crippen molar-refractivity contribution in [1.82, 2.24) is 4.98 Å². The van der Waals surface area contributed by atoms with E-state index < -0.39 is 0 Å². The van der Waals surface area contributed by atoms with Crippen molar-refractivity contribution in [2.45, 2.75) is 38.0 Å². The van der Waals surface area contributed by atoms with Crippen molar-refractivity contribution in [1.29, 1.82) is 0 Å². The van der Waals surface area contributed by atoms with E-state index in [0.717, 1.165) is 16.0 Å². The summed E-state index contributed by atoms with van der Waals surface area (Å²) in [6.45, 7) is -0.0397. The highest BCUT2D eigenvalue weighted by Crippen LogP contribution is 2.33. The summed E-state index contributed by atoms with van der Waals surface area (Å²) in [5.41, 5.74) is 2.21. The van der Waals surface area contributed by atoms with Crippen molar-refractivity contribution >= 4 is 32.6 Å². The molecule has 1 N–H and O–H groups in total. The Bertz CT molecular complexity index is 946. The van der Waals surface area contributed by atoms with E-state index in [0.29, 0.717) is 16.8 Å². The maximum Gasteiger partial charge on any atom is 0.264 e. The van der Waals surface area contributed by atoms with Crippen LogP contribution in [0.5, 0.6) is 11.5 Å². The molecule has 0 bridgehead atoms. The van der Waals surface area contributed by atoms with Gasteiger partial charge in [-0.15, -0.1) is 0 Å². The number of rotatable bonds is 6. The number of thiazole rings is 1. The van der Waals surface area contributed by atoms with Crippen LogP contribution in [0.4, 0.5) is 5.13 Å². The molecular formula is C22H24N2O3S. The molecule has 0 aliphatic heterocycles. The van der Waals surface area contributed by atoms with Crippen LogP contribution >= 0.6 is 11.3 Å². The molecule has 1 fully saturated rings. The molecule has 0 saturated heterocycles. The van der Waals surface area contributed by atoms with Crippen LogP contribution in [0, 0.1) is 0 Å². The molecule has 0 unspecified atom stereocenters. The minimum Gasteiger partial charge on any atom is -0.497 e. The van der Waals surface area contributed by atoms with E-state index in [1.807, 2.05) is 30.3 Å². The van der Waals surface area contributed by atoms with Crippen LogP contribution in [0.2, 0.25) is 0 Å². The Morgan fingerprint density at radius 2 is 1.86 bits per heavy atom. The lowest BCUT2D eigenvalue weighted by Crippen LogP contribution is -2.20. The maximum atomic E-state index is 12.2. The number of fused-ring (bicyclic) bond motifs is 1. The Morgan fingerprint density at radius 1 is 1.11 bits per heavy atom. The molecule has 1 heterocycles. The van der Waals surface area contributed by atoms with E-state index in [9.17, 15) is 4.79 Å². The molecular weight excluding hydrogens is 372 g/mol. The fourth-order valence-corrected chi connectivity index (χ4v) is 4.57. The van der Waals surface area contributed by atoms with Gasteiger partial charge in [-0.25, -0.2) is 4.98 Å². The molecule has 1 aromatic heterocycles. The zero-order valence-electron chi connectivity index (χ0n) is 15.9. The van der Waals surface area contributed by atoms with Gasteiger partial charge in [-0.05, 0) is 54.7 Å². The zero-order chi connectivity index (χ0) is 19.3. The monoisotopic (exact) mass is 396 g/mol. The molecule has 1 amide bonds. The third-order valence-corrected chi connectivity index (χ3v) is 6.10. The highest BCUT2D eigenvalue weighted by atomic mass is 32.1. The number of aromatic nitrogens is 1.